The molecule has 0 spiro atoms. The quantitative estimate of drug-likeness (QED) is 0.523. The van der Waals surface area contributed by atoms with Gasteiger partial charge in [0.1, 0.15) is 0 Å². The van der Waals surface area contributed by atoms with Gasteiger partial charge in [0.05, 0.1) is 4.83 Å². The SMILES string of the molecule is CCC(Br)C(=O)NCCCCCCSC. The van der Waals surface area contributed by atoms with Crippen molar-refractivity contribution in [3.05, 3.63) is 0 Å². The summed E-state index contributed by atoms with van der Waals surface area (Å²) in [6.45, 7) is 2.82. The Morgan fingerprint density at radius 3 is 2.60 bits per heavy atom. The monoisotopic (exact) mass is 295 g/mol. The summed E-state index contributed by atoms with van der Waals surface area (Å²) in [5.41, 5.74) is 0. The number of unbranched alkanes of at least 4 members (excludes halogenated alkanes) is 3. The molecule has 0 radical (unpaired) electrons. The predicted octanol–water partition coefficient (Wildman–Crippen LogP) is 3.20. The van der Waals surface area contributed by atoms with Crippen molar-refractivity contribution >= 4 is 33.6 Å². The molecule has 0 aliphatic carbocycles. The van der Waals surface area contributed by atoms with E-state index in [-0.39, 0.29) is 10.7 Å². The highest BCUT2D eigenvalue weighted by atomic mass is 79.9. The number of alkyl halides is 1. The molecule has 4 heteroatoms. The molecule has 1 N–H and O–H groups in total. The summed E-state index contributed by atoms with van der Waals surface area (Å²) >= 11 is 5.23. The van der Waals surface area contributed by atoms with Crippen LogP contribution in [0, 0.1) is 0 Å². The van der Waals surface area contributed by atoms with Crippen LogP contribution in [0.25, 0.3) is 0 Å². The van der Waals surface area contributed by atoms with Gasteiger partial charge >= 0.3 is 0 Å². The summed E-state index contributed by atoms with van der Waals surface area (Å²) < 4.78 is 0. The van der Waals surface area contributed by atoms with Gasteiger partial charge in [-0.05, 0) is 31.3 Å². The lowest BCUT2D eigenvalue weighted by molar-refractivity contribution is -0.120. The van der Waals surface area contributed by atoms with Crippen LogP contribution < -0.4 is 5.32 Å². The molecule has 1 unspecified atom stereocenters. The zero-order chi connectivity index (χ0) is 11.5. The molecule has 0 heterocycles. The van der Waals surface area contributed by atoms with Gasteiger partial charge in [0.2, 0.25) is 5.91 Å². The van der Waals surface area contributed by atoms with Crippen LogP contribution >= 0.6 is 27.7 Å². The van der Waals surface area contributed by atoms with Crippen molar-refractivity contribution in [1.29, 1.82) is 0 Å². The first kappa shape index (κ1) is 15.3. The van der Waals surface area contributed by atoms with Crippen LogP contribution in [0.1, 0.15) is 39.0 Å². The highest BCUT2D eigenvalue weighted by Crippen LogP contribution is 2.05. The second-order valence-electron chi connectivity index (χ2n) is 3.57. The number of hydrogen-bond acceptors (Lipinski definition) is 2. The first-order valence-electron chi connectivity index (χ1n) is 5.63. The zero-order valence-corrected chi connectivity index (χ0v) is 12.1. The number of halogens is 1. The molecule has 0 bridgehead atoms. The molecule has 0 aromatic heterocycles. The molecule has 0 fully saturated rings. The summed E-state index contributed by atoms with van der Waals surface area (Å²) in [5.74, 6) is 1.38. The Balaban J connectivity index is 3.20. The van der Waals surface area contributed by atoms with Crippen molar-refractivity contribution in [1.82, 2.24) is 5.32 Å². The molecule has 0 saturated carbocycles. The molecule has 0 rings (SSSR count). The standard InChI is InChI=1S/C11H22BrNOS/c1-3-10(12)11(14)13-8-6-4-5-7-9-15-2/h10H,3-9H2,1-2H3,(H,13,14). The van der Waals surface area contributed by atoms with Gasteiger partial charge in [-0.3, -0.25) is 4.79 Å². The highest BCUT2D eigenvalue weighted by Gasteiger charge is 2.10. The zero-order valence-electron chi connectivity index (χ0n) is 9.72. The van der Waals surface area contributed by atoms with Crippen molar-refractivity contribution in [2.45, 2.75) is 43.9 Å². The van der Waals surface area contributed by atoms with Crippen LogP contribution in [0.4, 0.5) is 0 Å². The molecule has 90 valence electrons. The minimum absolute atomic E-state index is 0.0195. The second kappa shape index (κ2) is 10.8. The number of thioether (sulfide) groups is 1. The largest absolute Gasteiger partial charge is 0.355 e. The van der Waals surface area contributed by atoms with Crippen LogP contribution in [0.2, 0.25) is 0 Å². The summed E-state index contributed by atoms with van der Waals surface area (Å²) in [5, 5.41) is 2.93. The molecular formula is C11H22BrNOS. The maximum atomic E-state index is 11.3. The Morgan fingerprint density at radius 1 is 1.33 bits per heavy atom. The van der Waals surface area contributed by atoms with E-state index in [9.17, 15) is 4.79 Å². The second-order valence-corrected chi connectivity index (χ2v) is 5.66. The molecule has 0 aliphatic heterocycles. The van der Waals surface area contributed by atoms with Crippen LogP contribution in [0.5, 0.6) is 0 Å². The van der Waals surface area contributed by atoms with E-state index in [1.54, 1.807) is 0 Å². The molecule has 1 atom stereocenters. The molecule has 2 nitrogen and oxygen atoms in total. The Morgan fingerprint density at radius 2 is 2.00 bits per heavy atom. The van der Waals surface area contributed by atoms with Crippen LogP contribution in [-0.4, -0.2) is 29.3 Å². The van der Waals surface area contributed by atoms with Crippen molar-refractivity contribution in [3.63, 3.8) is 0 Å². The Hall–Kier alpha value is 0.300. The van der Waals surface area contributed by atoms with Crippen molar-refractivity contribution in [3.8, 4) is 0 Å². The summed E-state index contributed by atoms with van der Waals surface area (Å²) in [6.07, 6.45) is 7.89. The Labute approximate surface area is 106 Å². The van der Waals surface area contributed by atoms with Gasteiger partial charge in [0, 0.05) is 6.54 Å². The fourth-order valence-corrected chi connectivity index (χ4v) is 1.89. The van der Waals surface area contributed by atoms with Crippen molar-refractivity contribution in [2.75, 3.05) is 18.6 Å². The Bertz CT molecular complexity index is 167. The molecule has 15 heavy (non-hydrogen) atoms. The maximum Gasteiger partial charge on any atom is 0.233 e. The van der Waals surface area contributed by atoms with Gasteiger partial charge in [-0.25, -0.2) is 0 Å². The molecule has 0 aliphatic rings. The molecule has 1 amide bonds. The topological polar surface area (TPSA) is 29.1 Å². The average Bonchev–Trinajstić information content (AvgIpc) is 2.26. The minimum atomic E-state index is -0.0195. The third-order valence-corrected chi connectivity index (χ3v) is 3.98. The maximum absolute atomic E-state index is 11.3. The van der Waals surface area contributed by atoms with E-state index in [0.717, 1.165) is 19.4 Å². The van der Waals surface area contributed by atoms with E-state index in [1.807, 2.05) is 18.7 Å². The third kappa shape index (κ3) is 9.24. The summed E-state index contributed by atoms with van der Waals surface area (Å²) in [4.78, 5) is 11.3. The number of carbonyl (C=O) groups is 1. The lowest BCUT2D eigenvalue weighted by atomic mass is 10.2. The van der Waals surface area contributed by atoms with Crippen LogP contribution in [0.15, 0.2) is 0 Å². The Kier molecular flexibility index (Phi) is 11.0. The van der Waals surface area contributed by atoms with E-state index in [1.165, 1.54) is 25.0 Å². The van der Waals surface area contributed by atoms with Crippen LogP contribution in [0.3, 0.4) is 0 Å². The van der Waals surface area contributed by atoms with Gasteiger partial charge in [-0.1, -0.05) is 35.7 Å². The smallest absolute Gasteiger partial charge is 0.233 e. The van der Waals surface area contributed by atoms with E-state index in [0.29, 0.717) is 0 Å². The van der Waals surface area contributed by atoms with Gasteiger partial charge in [0.15, 0.2) is 0 Å². The molecule has 0 aromatic rings. The predicted molar refractivity (Wildman–Crippen MR) is 72.9 cm³/mol. The number of carbonyl (C=O) groups excluding carboxylic acids is 1. The number of rotatable bonds is 9. The molecule has 0 saturated heterocycles. The van der Waals surface area contributed by atoms with Crippen LogP contribution in [-0.2, 0) is 4.79 Å². The summed E-state index contributed by atoms with van der Waals surface area (Å²) in [6, 6.07) is 0. The van der Waals surface area contributed by atoms with E-state index in [2.05, 4.69) is 27.5 Å². The average molecular weight is 296 g/mol. The minimum Gasteiger partial charge on any atom is -0.355 e. The lowest BCUT2D eigenvalue weighted by Gasteiger charge is -2.08. The lowest BCUT2D eigenvalue weighted by Crippen LogP contribution is -2.31. The highest BCUT2D eigenvalue weighted by molar-refractivity contribution is 9.10. The van der Waals surface area contributed by atoms with E-state index >= 15 is 0 Å². The van der Waals surface area contributed by atoms with Gasteiger partial charge in [0.25, 0.3) is 0 Å². The third-order valence-electron chi connectivity index (χ3n) is 2.22. The molecule has 0 aromatic carbocycles. The van der Waals surface area contributed by atoms with Crippen molar-refractivity contribution < 1.29 is 4.79 Å². The van der Waals surface area contributed by atoms with Gasteiger partial charge in [-0.2, -0.15) is 11.8 Å². The normalized spacial score (nSPS) is 12.5. The number of nitrogens with one attached hydrogen (secondary N) is 1. The first-order valence-corrected chi connectivity index (χ1v) is 7.94. The fraction of sp³-hybridized carbons (Fsp3) is 0.909. The van der Waals surface area contributed by atoms with E-state index in [4.69, 9.17) is 0 Å². The van der Waals surface area contributed by atoms with E-state index < -0.39 is 0 Å². The number of amides is 1. The number of hydrogen-bond donors (Lipinski definition) is 1. The molecular weight excluding hydrogens is 274 g/mol. The first-order chi connectivity index (χ1) is 7.22. The van der Waals surface area contributed by atoms with Gasteiger partial charge < -0.3 is 5.32 Å². The van der Waals surface area contributed by atoms with Crippen molar-refractivity contribution in [2.24, 2.45) is 0 Å². The summed E-state index contributed by atoms with van der Waals surface area (Å²) in [7, 11) is 0. The fourth-order valence-electron chi connectivity index (χ4n) is 1.23. The van der Waals surface area contributed by atoms with Gasteiger partial charge in [-0.15, -0.1) is 0 Å².